The number of benzene rings is 2. The van der Waals surface area contributed by atoms with Gasteiger partial charge in [-0.25, -0.2) is 0 Å². The molecular formula is C30H38N4O5. The summed E-state index contributed by atoms with van der Waals surface area (Å²) in [6.45, 7) is 2.19. The summed E-state index contributed by atoms with van der Waals surface area (Å²) in [6, 6.07) is 12.9. The van der Waals surface area contributed by atoms with E-state index < -0.39 is 24.1 Å². The van der Waals surface area contributed by atoms with Crippen LogP contribution in [0.15, 0.2) is 42.5 Å². The monoisotopic (exact) mass is 534 g/mol. The van der Waals surface area contributed by atoms with Crippen molar-refractivity contribution in [3.8, 4) is 0 Å². The average molecular weight is 535 g/mol. The molecular weight excluding hydrogens is 496 g/mol. The van der Waals surface area contributed by atoms with E-state index in [1.807, 2.05) is 49.4 Å². The van der Waals surface area contributed by atoms with Crippen molar-refractivity contribution in [2.75, 3.05) is 4.90 Å². The zero-order chi connectivity index (χ0) is 27.9. The van der Waals surface area contributed by atoms with Crippen LogP contribution in [0.5, 0.6) is 0 Å². The number of primary amides is 2. The molecule has 0 unspecified atom stereocenters. The van der Waals surface area contributed by atoms with E-state index in [2.05, 4.69) is 5.32 Å². The number of carbonyl (C=O) groups is 4. The highest BCUT2D eigenvalue weighted by Gasteiger charge is 2.41. The lowest BCUT2D eigenvalue weighted by molar-refractivity contribution is -0.128. The van der Waals surface area contributed by atoms with Crippen molar-refractivity contribution in [1.82, 2.24) is 5.32 Å². The summed E-state index contributed by atoms with van der Waals surface area (Å²) < 4.78 is 6.12. The molecule has 208 valence electrons. The van der Waals surface area contributed by atoms with Crippen LogP contribution in [-0.2, 0) is 49.8 Å². The van der Waals surface area contributed by atoms with E-state index >= 15 is 0 Å². The molecule has 0 radical (unpaired) electrons. The third kappa shape index (κ3) is 7.23. The number of carbonyl (C=O) groups excluding carboxylic acids is 4. The zero-order valence-corrected chi connectivity index (χ0v) is 22.5. The number of hydrogen-bond acceptors (Lipinski definition) is 5. The molecule has 4 rings (SSSR count). The first-order valence-corrected chi connectivity index (χ1v) is 13.7. The number of nitrogens with one attached hydrogen (secondary N) is 1. The third-order valence-electron chi connectivity index (χ3n) is 7.60. The first-order valence-electron chi connectivity index (χ1n) is 13.7. The van der Waals surface area contributed by atoms with Crippen molar-refractivity contribution in [2.45, 2.75) is 89.5 Å². The Labute approximate surface area is 229 Å². The SMILES string of the molecule is C[C@@H](OCc1ccc(CCCC(N)=O)cc1)[C@H](CCC(N)=O)NC(=O)[C@@H]1Cc2cccc3c2N1C(=O)CCC3. The van der Waals surface area contributed by atoms with Gasteiger partial charge in [-0.05, 0) is 61.3 Å². The van der Waals surface area contributed by atoms with Crippen molar-refractivity contribution in [3.63, 3.8) is 0 Å². The van der Waals surface area contributed by atoms with Crippen LogP contribution < -0.4 is 21.7 Å². The number of aryl methyl sites for hydroxylation is 2. The number of para-hydroxylation sites is 1. The Bertz CT molecular complexity index is 1210. The van der Waals surface area contributed by atoms with Crippen LogP contribution in [0, 0.1) is 0 Å². The fourth-order valence-electron chi connectivity index (χ4n) is 5.45. The molecule has 0 fully saturated rings. The number of hydrogen-bond donors (Lipinski definition) is 3. The van der Waals surface area contributed by atoms with Crippen molar-refractivity contribution < 1.29 is 23.9 Å². The standard InChI is InChI=1S/C30H38N4O5/c1-19(39-18-21-13-11-20(12-14-21)5-2-9-26(31)35)24(15-16-27(32)36)33-30(38)25-17-23-8-3-6-22-7-4-10-28(37)34(25)29(22)23/h3,6,8,11-14,19,24-25H,2,4-5,7,9-10,15-18H2,1H3,(H2,31,35)(H2,32,36)(H,33,38)/t19-,24+,25+/m1/s1. The number of nitrogens with zero attached hydrogens (tertiary/aromatic N) is 1. The van der Waals surface area contributed by atoms with Crippen molar-refractivity contribution >= 4 is 29.3 Å². The first kappa shape index (κ1) is 28.3. The van der Waals surface area contributed by atoms with Crippen LogP contribution in [0.25, 0.3) is 0 Å². The summed E-state index contributed by atoms with van der Waals surface area (Å²) >= 11 is 0. The summed E-state index contributed by atoms with van der Waals surface area (Å²) in [5.74, 6) is -1.03. The highest BCUT2D eigenvalue weighted by Crippen LogP contribution is 2.39. The first-order chi connectivity index (χ1) is 18.7. The van der Waals surface area contributed by atoms with E-state index in [1.54, 1.807) is 4.90 Å². The van der Waals surface area contributed by atoms with Crippen LogP contribution >= 0.6 is 0 Å². The molecule has 0 spiro atoms. The van der Waals surface area contributed by atoms with E-state index in [1.165, 1.54) is 0 Å². The molecule has 4 amide bonds. The van der Waals surface area contributed by atoms with Gasteiger partial charge in [0, 0.05) is 25.7 Å². The number of anilines is 1. The predicted molar refractivity (Wildman–Crippen MR) is 148 cm³/mol. The topological polar surface area (TPSA) is 145 Å². The fraction of sp³-hybridized carbons (Fsp3) is 0.467. The zero-order valence-electron chi connectivity index (χ0n) is 22.5. The second kappa shape index (κ2) is 12.9. The molecule has 9 nitrogen and oxygen atoms in total. The smallest absolute Gasteiger partial charge is 0.243 e. The molecule has 0 saturated carbocycles. The van der Waals surface area contributed by atoms with Gasteiger partial charge in [-0.1, -0.05) is 42.5 Å². The molecule has 2 aliphatic rings. The quantitative estimate of drug-likeness (QED) is 0.361. The maximum atomic E-state index is 13.6. The van der Waals surface area contributed by atoms with Crippen LogP contribution in [0.4, 0.5) is 5.69 Å². The number of rotatable bonds is 13. The summed E-state index contributed by atoms with van der Waals surface area (Å²) in [5.41, 5.74) is 15.7. The Morgan fingerprint density at radius 2 is 1.69 bits per heavy atom. The summed E-state index contributed by atoms with van der Waals surface area (Å²) in [7, 11) is 0. The molecule has 0 aliphatic carbocycles. The fourth-order valence-corrected chi connectivity index (χ4v) is 5.45. The molecule has 2 aromatic rings. The van der Waals surface area contributed by atoms with E-state index in [0.717, 1.165) is 47.2 Å². The highest BCUT2D eigenvalue weighted by atomic mass is 16.5. The van der Waals surface area contributed by atoms with E-state index in [9.17, 15) is 19.2 Å². The lowest BCUT2D eigenvalue weighted by atomic mass is 10.0. The number of amides is 4. The Kier molecular flexibility index (Phi) is 9.35. The molecule has 0 saturated heterocycles. The molecule has 0 bridgehead atoms. The lowest BCUT2D eigenvalue weighted by Gasteiger charge is -2.29. The number of nitrogens with two attached hydrogens (primary N) is 2. The summed E-state index contributed by atoms with van der Waals surface area (Å²) in [5, 5.41) is 3.07. The van der Waals surface area contributed by atoms with E-state index in [-0.39, 0.29) is 24.1 Å². The third-order valence-corrected chi connectivity index (χ3v) is 7.60. The second-order valence-corrected chi connectivity index (χ2v) is 10.5. The van der Waals surface area contributed by atoms with Crippen molar-refractivity contribution in [1.29, 1.82) is 0 Å². The van der Waals surface area contributed by atoms with Gasteiger partial charge in [-0.15, -0.1) is 0 Å². The second-order valence-electron chi connectivity index (χ2n) is 10.5. The molecule has 0 aromatic heterocycles. The minimum atomic E-state index is -0.628. The number of ether oxygens (including phenoxy) is 1. The van der Waals surface area contributed by atoms with Gasteiger partial charge in [0.25, 0.3) is 0 Å². The predicted octanol–water partition coefficient (Wildman–Crippen LogP) is 2.44. The van der Waals surface area contributed by atoms with Crippen LogP contribution in [-0.4, -0.2) is 41.8 Å². The highest BCUT2D eigenvalue weighted by molar-refractivity contribution is 6.04. The maximum absolute atomic E-state index is 13.6. The Balaban J connectivity index is 1.39. The van der Waals surface area contributed by atoms with Gasteiger partial charge in [0.1, 0.15) is 6.04 Å². The molecule has 5 N–H and O–H groups in total. The van der Waals surface area contributed by atoms with E-state index in [0.29, 0.717) is 38.7 Å². The van der Waals surface area contributed by atoms with Gasteiger partial charge < -0.3 is 21.5 Å². The molecule has 9 heteroatoms. The molecule has 2 aliphatic heterocycles. The lowest BCUT2D eigenvalue weighted by Crippen LogP contribution is -2.53. The maximum Gasteiger partial charge on any atom is 0.243 e. The molecule has 2 aromatic carbocycles. The molecule has 2 heterocycles. The van der Waals surface area contributed by atoms with Gasteiger partial charge in [0.2, 0.25) is 23.6 Å². The average Bonchev–Trinajstić information content (AvgIpc) is 3.22. The van der Waals surface area contributed by atoms with Crippen LogP contribution in [0.3, 0.4) is 0 Å². The Morgan fingerprint density at radius 1 is 1.00 bits per heavy atom. The molecule has 3 atom stereocenters. The Hall–Kier alpha value is -3.72. The van der Waals surface area contributed by atoms with Gasteiger partial charge in [-0.2, -0.15) is 0 Å². The Morgan fingerprint density at radius 3 is 2.41 bits per heavy atom. The van der Waals surface area contributed by atoms with Gasteiger partial charge in [-0.3, -0.25) is 24.1 Å². The summed E-state index contributed by atoms with van der Waals surface area (Å²) in [6.07, 6.45) is 4.34. The minimum Gasteiger partial charge on any atom is -0.372 e. The van der Waals surface area contributed by atoms with Gasteiger partial charge in [0.15, 0.2) is 0 Å². The summed E-state index contributed by atoms with van der Waals surface area (Å²) in [4.78, 5) is 50.7. The minimum absolute atomic E-state index is 0.0325. The van der Waals surface area contributed by atoms with Crippen molar-refractivity contribution in [2.24, 2.45) is 11.5 Å². The van der Waals surface area contributed by atoms with Gasteiger partial charge in [0.05, 0.1) is 24.4 Å². The van der Waals surface area contributed by atoms with Crippen LogP contribution in [0.2, 0.25) is 0 Å². The normalized spacial score (nSPS) is 17.7. The van der Waals surface area contributed by atoms with E-state index in [4.69, 9.17) is 16.2 Å². The molecule has 39 heavy (non-hydrogen) atoms. The van der Waals surface area contributed by atoms with Crippen LogP contribution in [0.1, 0.15) is 67.7 Å². The van der Waals surface area contributed by atoms with Gasteiger partial charge >= 0.3 is 0 Å². The largest absolute Gasteiger partial charge is 0.372 e. The van der Waals surface area contributed by atoms with Crippen molar-refractivity contribution in [3.05, 3.63) is 64.7 Å².